The second kappa shape index (κ2) is 7.64. The molecule has 4 nitrogen and oxygen atoms in total. The molecule has 0 N–H and O–H groups in total. The molecule has 0 radical (unpaired) electrons. The maximum atomic E-state index is 13.4. The molecule has 0 atom stereocenters. The molecule has 0 unspecified atom stereocenters. The molecule has 0 bridgehead atoms. The van der Waals surface area contributed by atoms with Crippen molar-refractivity contribution in [3.8, 4) is 22.4 Å². The highest BCUT2D eigenvalue weighted by molar-refractivity contribution is 7.90. The normalized spacial score (nSPS) is 11.5. The zero-order valence-electron chi connectivity index (χ0n) is 15.8. The average Bonchev–Trinajstić information content (AvgIpc) is 3.12. The van der Waals surface area contributed by atoms with Crippen molar-refractivity contribution in [1.82, 2.24) is 9.78 Å². The van der Waals surface area contributed by atoms with E-state index in [1.54, 1.807) is 36.4 Å². The van der Waals surface area contributed by atoms with Gasteiger partial charge in [-0.3, -0.25) is 4.68 Å². The number of sulfone groups is 1. The fourth-order valence-corrected chi connectivity index (χ4v) is 3.82. The molecule has 4 rings (SSSR count). The third-order valence-corrected chi connectivity index (χ3v) is 5.79. The molecule has 1 heterocycles. The van der Waals surface area contributed by atoms with E-state index in [9.17, 15) is 12.8 Å². The zero-order chi connectivity index (χ0) is 20.4. The highest BCUT2D eigenvalue weighted by atomic mass is 32.2. The Morgan fingerprint density at radius 3 is 2.10 bits per heavy atom. The molecule has 0 saturated carbocycles. The van der Waals surface area contributed by atoms with Crippen LogP contribution in [-0.2, 0) is 16.4 Å². The standard InChI is InChI=1S/C23H19FN2O2S/c1-29(27,28)21-13-9-19(10-14-21)23-22(18-7-11-20(24)12-8-18)16-26(25-23)15-17-5-3-2-4-6-17/h2-14,16H,15H2,1H3. The maximum absolute atomic E-state index is 13.4. The minimum absolute atomic E-state index is 0.258. The Kier molecular flexibility index (Phi) is 5.03. The first-order chi connectivity index (χ1) is 13.9. The maximum Gasteiger partial charge on any atom is 0.175 e. The Morgan fingerprint density at radius 1 is 0.862 bits per heavy atom. The molecule has 4 aromatic rings. The lowest BCUT2D eigenvalue weighted by Gasteiger charge is -2.04. The SMILES string of the molecule is CS(=O)(=O)c1ccc(-c2nn(Cc3ccccc3)cc2-c2ccc(F)cc2)cc1. The minimum Gasteiger partial charge on any atom is -0.267 e. The van der Waals surface area contributed by atoms with Crippen LogP contribution in [-0.4, -0.2) is 24.5 Å². The van der Waals surface area contributed by atoms with Crippen LogP contribution < -0.4 is 0 Å². The fourth-order valence-electron chi connectivity index (χ4n) is 3.19. The number of rotatable bonds is 5. The Morgan fingerprint density at radius 2 is 1.48 bits per heavy atom. The number of benzene rings is 3. The van der Waals surface area contributed by atoms with Crippen LogP contribution in [0.3, 0.4) is 0 Å². The van der Waals surface area contributed by atoms with Gasteiger partial charge >= 0.3 is 0 Å². The van der Waals surface area contributed by atoms with Crippen molar-refractivity contribution in [2.24, 2.45) is 0 Å². The molecule has 29 heavy (non-hydrogen) atoms. The van der Waals surface area contributed by atoms with Gasteiger partial charge in [0.25, 0.3) is 0 Å². The second-order valence-electron chi connectivity index (χ2n) is 6.88. The molecular weight excluding hydrogens is 387 g/mol. The number of aromatic nitrogens is 2. The lowest BCUT2D eigenvalue weighted by Crippen LogP contribution is -2.00. The van der Waals surface area contributed by atoms with E-state index in [0.717, 1.165) is 22.3 Å². The van der Waals surface area contributed by atoms with Crippen LogP contribution in [0.5, 0.6) is 0 Å². The molecule has 146 valence electrons. The fraction of sp³-hybridized carbons (Fsp3) is 0.0870. The molecule has 0 saturated heterocycles. The van der Waals surface area contributed by atoms with Crippen LogP contribution in [0.4, 0.5) is 4.39 Å². The van der Waals surface area contributed by atoms with Crippen molar-refractivity contribution >= 4 is 9.84 Å². The Labute approximate surface area is 169 Å². The van der Waals surface area contributed by atoms with Gasteiger partial charge in [0.2, 0.25) is 0 Å². The van der Waals surface area contributed by atoms with Crippen molar-refractivity contribution in [3.05, 3.63) is 96.4 Å². The highest BCUT2D eigenvalue weighted by Crippen LogP contribution is 2.32. The van der Waals surface area contributed by atoms with E-state index in [2.05, 4.69) is 0 Å². The molecular formula is C23H19FN2O2S. The minimum atomic E-state index is -3.27. The van der Waals surface area contributed by atoms with Gasteiger partial charge in [0.1, 0.15) is 11.5 Å². The van der Waals surface area contributed by atoms with Crippen molar-refractivity contribution in [1.29, 1.82) is 0 Å². The largest absolute Gasteiger partial charge is 0.267 e. The van der Waals surface area contributed by atoms with Gasteiger partial charge in [-0.2, -0.15) is 5.10 Å². The third kappa shape index (κ3) is 4.27. The molecule has 3 aromatic carbocycles. The van der Waals surface area contributed by atoms with Crippen LogP contribution in [0.1, 0.15) is 5.56 Å². The lowest BCUT2D eigenvalue weighted by atomic mass is 10.0. The third-order valence-electron chi connectivity index (χ3n) is 4.66. The van der Waals surface area contributed by atoms with Crippen molar-refractivity contribution < 1.29 is 12.8 Å². The van der Waals surface area contributed by atoms with Gasteiger partial charge in [0.05, 0.1) is 11.4 Å². The number of nitrogens with zero attached hydrogens (tertiary/aromatic N) is 2. The van der Waals surface area contributed by atoms with Crippen LogP contribution in [0, 0.1) is 5.82 Å². The number of hydrogen-bond acceptors (Lipinski definition) is 3. The predicted molar refractivity (Wildman–Crippen MR) is 112 cm³/mol. The van der Waals surface area contributed by atoms with Crippen molar-refractivity contribution in [3.63, 3.8) is 0 Å². The Bertz CT molecular complexity index is 1230. The Hall–Kier alpha value is -3.25. The summed E-state index contributed by atoms with van der Waals surface area (Å²) >= 11 is 0. The summed E-state index contributed by atoms with van der Waals surface area (Å²) in [4.78, 5) is 0.258. The molecule has 0 aliphatic heterocycles. The monoisotopic (exact) mass is 406 g/mol. The summed E-state index contributed by atoms with van der Waals surface area (Å²) < 4.78 is 38.7. The predicted octanol–water partition coefficient (Wildman–Crippen LogP) is 4.81. The van der Waals surface area contributed by atoms with Gasteiger partial charge in [-0.1, -0.05) is 54.6 Å². The second-order valence-corrected chi connectivity index (χ2v) is 8.89. The molecule has 0 amide bonds. The summed E-state index contributed by atoms with van der Waals surface area (Å²) in [6.45, 7) is 0.594. The van der Waals surface area contributed by atoms with Gasteiger partial charge < -0.3 is 0 Å². The molecule has 1 aromatic heterocycles. The van der Waals surface area contributed by atoms with Crippen LogP contribution in [0.15, 0.2) is 90.0 Å². The lowest BCUT2D eigenvalue weighted by molar-refractivity contribution is 0.602. The topological polar surface area (TPSA) is 52.0 Å². The number of halogens is 1. The molecule has 0 spiro atoms. The summed E-state index contributed by atoms with van der Waals surface area (Å²) in [5.41, 5.74) is 4.32. The molecule has 0 fully saturated rings. The summed E-state index contributed by atoms with van der Waals surface area (Å²) in [5.74, 6) is -0.301. The summed E-state index contributed by atoms with van der Waals surface area (Å²) in [5, 5.41) is 4.74. The van der Waals surface area contributed by atoms with Gasteiger partial charge in [-0.15, -0.1) is 0 Å². The quantitative estimate of drug-likeness (QED) is 0.478. The smallest absolute Gasteiger partial charge is 0.175 e. The van der Waals surface area contributed by atoms with Crippen LogP contribution in [0.25, 0.3) is 22.4 Å². The zero-order valence-corrected chi connectivity index (χ0v) is 16.6. The van der Waals surface area contributed by atoms with E-state index in [0.29, 0.717) is 12.2 Å². The average molecular weight is 406 g/mol. The van der Waals surface area contributed by atoms with E-state index in [-0.39, 0.29) is 10.7 Å². The highest BCUT2D eigenvalue weighted by Gasteiger charge is 2.15. The van der Waals surface area contributed by atoms with Crippen molar-refractivity contribution in [2.75, 3.05) is 6.26 Å². The van der Waals surface area contributed by atoms with Crippen molar-refractivity contribution in [2.45, 2.75) is 11.4 Å². The summed E-state index contributed by atoms with van der Waals surface area (Å²) in [6.07, 6.45) is 3.11. The molecule has 0 aliphatic rings. The first-order valence-corrected chi connectivity index (χ1v) is 11.0. The summed E-state index contributed by atoms with van der Waals surface area (Å²) in [7, 11) is -3.27. The van der Waals surface area contributed by atoms with E-state index < -0.39 is 9.84 Å². The first kappa shape index (κ1) is 19.1. The van der Waals surface area contributed by atoms with Gasteiger partial charge in [0, 0.05) is 23.6 Å². The van der Waals surface area contributed by atoms with Gasteiger partial charge in [-0.05, 0) is 35.4 Å². The van der Waals surface area contributed by atoms with Crippen LogP contribution >= 0.6 is 0 Å². The van der Waals surface area contributed by atoms with E-state index in [1.807, 2.05) is 41.2 Å². The first-order valence-electron chi connectivity index (χ1n) is 9.08. The molecule has 0 aliphatic carbocycles. The Balaban J connectivity index is 1.79. The molecule has 6 heteroatoms. The van der Waals surface area contributed by atoms with E-state index in [4.69, 9.17) is 5.10 Å². The van der Waals surface area contributed by atoms with Gasteiger partial charge in [0.15, 0.2) is 9.84 Å². The van der Waals surface area contributed by atoms with Crippen LogP contribution in [0.2, 0.25) is 0 Å². The van der Waals surface area contributed by atoms with E-state index in [1.165, 1.54) is 18.4 Å². The number of hydrogen-bond donors (Lipinski definition) is 0. The van der Waals surface area contributed by atoms with E-state index >= 15 is 0 Å². The summed E-state index contributed by atoms with van der Waals surface area (Å²) in [6, 6.07) is 22.9. The van der Waals surface area contributed by atoms with Gasteiger partial charge in [-0.25, -0.2) is 12.8 Å².